The molecule has 92 valence electrons. The Morgan fingerprint density at radius 2 is 1.88 bits per heavy atom. The highest BCUT2D eigenvalue weighted by atomic mass is 16.5. The molecule has 0 aromatic heterocycles. The van der Waals surface area contributed by atoms with E-state index in [1.165, 1.54) is 12.5 Å². The van der Waals surface area contributed by atoms with Crippen molar-refractivity contribution in [2.75, 3.05) is 0 Å². The van der Waals surface area contributed by atoms with Crippen LogP contribution in [0.25, 0.3) is 0 Å². The van der Waals surface area contributed by atoms with Crippen LogP contribution in [-0.4, -0.2) is 5.97 Å². The Morgan fingerprint density at radius 3 is 2.41 bits per heavy atom. The molecule has 0 fully saturated rings. The van der Waals surface area contributed by atoms with Crippen LogP contribution >= 0.6 is 0 Å². The van der Waals surface area contributed by atoms with Crippen molar-refractivity contribution >= 4 is 5.97 Å². The van der Waals surface area contributed by atoms with Gasteiger partial charge < -0.3 is 4.74 Å². The summed E-state index contributed by atoms with van der Waals surface area (Å²) < 4.78 is 5.35. The molecule has 0 spiro atoms. The maximum Gasteiger partial charge on any atom is 0.303 e. The molecule has 0 aliphatic carbocycles. The summed E-state index contributed by atoms with van der Waals surface area (Å²) in [7, 11) is 0. The lowest BCUT2D eigenvalue weighted by Gasteiger charge is -2.16. The minimum absolute atomic E-state index is 0.135. The predicted octanol–water partition coefficient (Wildman–Crippen LogP) is 4.04. The van der Waals surface area contributed by atoms with Crippen LogP contribution in [0.5, 0.6) is 0 Å². The van der Waals surface area contributed by atoms with Crippen molar-refractivity contribution in [1.82, 2.24) is 0 Å². The molecule has 17 heavy (non-hydrogen) atoms. The summed E-state index contributed by atoms with van der Waals surface area (Å²) in [5.41, 5.74) is 2.35. The van der Waals surface area contributed by atoms with Gasteiger partial charge in [-0.15, -0.1) is 0 Å². The Labute approximate surface area is 103 Å². The standard InChI is InChI=1S/C15H20O2/c1-12(2)8-7-11-15(17-13(3)16)14-9-5-4-6-10-14/h4-6,8-10,15H,7,11H2,1-3H3. The second-order valence-electron chi connectivity index (χ2n) is 4.37. The van der Waals surface area contributed by atoms with E-state index in [0.717, 1.165) is 18.4 Å². The van der Waals surface area contributed by atoms with E-state index in [9.17, 15) is 4.79 Å². The molecule has 0 heterocycles. The normalized spacial score (nSPS) is 11.7. The molecule has 0 saturated carbocycles. The quantitative estimate of drug-likeness (QED) is 0.565. The SMILES string of the molecule is CC(=O)OC(CCC=C(C)C)c1ccccc1. The van der Waals surface area contributed by atoms with Gasteiger partial charge in [0.15, 0.2) is 0 Å². The van der Waals surface area contributed by atoms with E-state index in [0.29, 0.717) is 0 Å². The monoisotopic (exact) mass is 232 g/mol. The van der Waals surface area contributed by atoms with Crippen LogP contribution in [0.1, 0.15) is 45.3 Å². The van der Waals surface area contributed by atoms with E-state index >= 15 is 0 Å². The van der Waals surface area contributed by atoms with Gasteiger partial charge in [0.25, 0.3) is 0 Å². The molecule has 0 radical (unpaired) electrons. The van der Waals surface area contributed by atoms with Crippen LogP contribution in [0.15, 0.2) is 42.0 Å². The zero-order chi connectivity index (χ0) is 12.7. The molecule has 1 aromatic rings. The lowest BCUT2D eigenvalue weighted by Crippen LogP contribution is -2.08. The molecule has 0 saturated heterocycles. The Morgan fingerprint density at radius 1 is 1.24 bits per heavy atom. The molecule has 1 atom stereocenters. The third-order valence-corrected chi connectivity index (χ3v) is 2.46. The zero-order valence-corrected chi connectivity index (χ0v) is 10.8. The first kappa shape index (κ1) is 13.5. The summed E-state index contributed by atoms with van der Waals surface area (Å²) in [6.45, 7) is 5.60. The molecule has 2 nitrogen and oxygen atoms in total. The topological polar surface area (TPSA) is 26.3 Å². The third-order valence-electron chi connectivity index (χ3n) is 2.46. The summed E-state index contributed by atoms with van der Waals surface area (Å²) in [5, 5.41) is 0. The van der Waals surface area contributed by atoms with Crippen molar-refractivity contribution in [3.05, 3.63) is 47.5 Å². The molecule has 1 rings (SSSR count). The second-order valence-corrected chi connectivity index (χ2v) is 4.37. The maximum absolute atomic E-state index is 11.1. The fourth-order valence-electron chi connectivity index (χ4n) is 1.69. The van der Waals surface area contributed by atoms with Crippen molar-refractivity contribution in [2.24, 2.45) is 0 Å². The van der Waals surface area contributed by atoms with E-state index in [1.807, 2.05) is 30.3 Å². The predicted molar refractivity (Wildman–Crippen MR) is 69.6 cm³/mol. The smallest absolute Gasteiger partial charge is 0.303 e. The van der Waals surface area contributed by atoms with Gasteiger partial charge in [-0.25, -0.2) is 0 Å². The molecule has 0 N–H and O–H groups in total. The molecule has 0 aliphatic rings. The molecule has 1 aromatic carbocycles. The van der Waals surface area contributed by atoms with Crippen molar-refractivity contribution in [3.8, 4) is 0 Å². The summed E-state index contributed by atoms with van der Waals surface area (Å²) >= 11 is 0. The number of carbonyl (C=O) groups is 1. The Kier molecular flexibility index (Phi) is 5.47. The molecule has 0 amide bonds. The first-order valence-electron chi connectivity index (χ1n) is 5.95. The van der Waals surface area contributed by atoms with Crippen LogP contribution in [0.2, 0.25) is 0 Å². The number of hydrogen-bond donors (Lipinski definition) is 0. The summed E-state index contributed by atoms with van der Waals surface area (Å²) in [4.78, 5) is 11.1. The van der Waals surface area contributed by atoms with Gasteiger partial charge in [-0.3, -0.25) is 4.79 Å². The fraction of sp³-hybridized carbons (Fsp3) is 0.400. The molecular formula is C15H20O2. The van der Waals surface area contributed by atoms with Gasteiger partial charge >= 0.3 is 5.97 Å². The molecular weight excluding hydrogens is 212 g/mol. The first-order valence-corrected chi connectivity index (χ1v) is 5.95. The van der Waals surface area contributed by atoms with Crippen LogP contribution in [0, 0.1) is 0 Å². The highest BCUT2D eigenvalue weighted by molar-refractivity contribution is 5.66. The Hall–Kier alpha value is -1.57. The van der Waals surface area contributed by atoms with Crippen molar-refractivity contribution in [1.29, 1.82) is 0 Å². The van der Waals surface area contributed by atoms with Crippen LogP contribution < -0.4 is 0 Å². The van der Waals surface area contributed by atoms with Crippen molar-refractivity contribution in [2.45, 2.75) is 39.7 Å². The average molecular weight is 232 g/mol. The summed E-state index contributed by atoms with van der Waals surface area (Å²) in [5.74, 6) is -0.226. The lowest BCUT2D eigenvalue weighted by molar-refractivity contribution is -0.147. The number of allylic oxidation sites excluding steroid dienone is 2. The zero-order valence-electron chi connectivity index (χ0n) is 10.8. The second kappa shape index (κ2) is 6.89. The molecule has 0 aliphatic heterocycles. The van der Waals surface area contributed by atoms with Gasteiger partial charge in [-0.2, -0.15) is 0 Å². The van der Waals surface area contributed by atoms with E-state index in [1.54, 1.807) is 0 Å². The summed E-state index contributed by atoms with van der Waals surface area (Å²) in [6, 6.07) is 9.89. The number of ether oxygens (including phenoxy) is 1. The van der Waals surface area contributed by atoms with Gasteiger partial charge in [-0.05, 0) is 32.3 Å². The van der Waals surface area contributed by atoms with Crippen LogP contribution in [0.4, 0.5) is 0 Å². The third kappa shape index (κ3) is 5.34. The summed E-state index contributed by atoms with van der Waals surface area (Å²) in [6.07, 6.45) is 3.79. The van der Waals surface area contributed by atoms with Gasteiger partial charge in [-0.1, -0.05) is 42.0 Å². The van der Waals surface area contributed by atoms with E-state index in [4.69, 9.17) is 4.74 Å². The van der Waals surface area contributed by atoms with Gasteiger partial charge in [0.1, 0.15) is 6.10 Å². The lowest BCUT2D eigenvalue weighted by atomic mass is 10.0. The highest BCUT2D eigenvalue weighted by Crippen LogP contribution is 2.23. The minimum Gasteiger partial charge on any atom is -0.458 e. The van der Waals surface area contributed by atoms with E-state index in [2.05, 4.69) is 19.9 Å². The van der Waals surface area contributed by atoms with Gasteiger partial charge in [0, 0.05) is 6.92 Å². The van der Waals surface area contributed by atoms with Crippen molar-refractivity contribution < 1.29 is 9.53 Å². The number of rotatable bonds is 5. The molecule has 2 heteroatoms. The average Bonchev–Trinajstić information content (AvgIpc) is 2.28. The number of carbonyl (C=O) groups excluding carboxylic acids is 1. The minimum atomic E-state index is -0.226. The highest BCUT2D eigenvalue weighted by Gasteiger charge is 2.13. The van der Waals surface area contributed by atoms with Crippen LogP contribution in [-0.2, 0) is 9.53 Å². The number of hydrogen-bond acceptors (Lipinski definition) is 2. The van der Waals surface area contributed by atoms with Gasteiger partial charge in [0.05, 0.1) is 0 Å². The molecule has 1 unspecified atom stereocenters. The Bertz CT molecular complexity index is 375. The first-order chi connectivity index (χ1) is 8.09. The number of esters is 1. The van der Waals surface area contributed by atoms with Crippen molar-refractivity contribution in [3.63, 3.8) is 0 Å². The maximum atomic E-state index is 11.1. The van der Waals surface area contributed by atoms with Crippen LogP contribution in [0.3, 0.4) is 0 Å². The molecule has 0 bridgehead atoms. The van der Waals surface area contributed by atoms with Gasteiger partial charge in [0.2, 0.25) is 0 Å². The van der Waals surface area contributed by atoms with E-state index in [-0.39, 0.29) is 12.1 Å². The fourth-order valence-corrected chi connectivity index (χ4v) is 1.69. The number of benzene rings is 1. The largest absolute Gasteiger partial charge is 0.458 e. The van der Waals surface area contributed by atoms with E-state index < -0.39 is 0 Å². The Balaban J connectivity index is 2.67.